The van der Waals surface area contributed by atoms with Crippen LogP contribution in [-0.2, 0) is 9.84 Å². The summed E-state index contributed by atoms with van der Waals surface area (Å²) < 4.78 is 22.6. The minimum Gasteiger partial charge on any atom is -0.352 e. The molecule has 13 heavy (non-hydrogen) atoms. The van der Waals surface area contributed by atoms with E-state index in [2.05, 4.69) is 11.2 Å². The van der Waals surface area contributed by atoms with E-state index in [1.165, 1.54) is 6.26 Å². The number of nitrogens with one attached hydrogen (secondary N) is 1. The topological polar surface area (TPSA) is 49.9 Å². The molecule has 1 N–H and O–H groups in total. The van der Waals surface area contributed by atoms with Crippen LogP contribution in [0.4, 0.5) is 0 Å². The SMILES string of the molecule is CS(=O)(=O)c1cccc2c[c][nH]c12. The molecule has 0 aliphatic carbocycles. The monoisotopic (exact) mass is 194 g/mol. The molecule has 0 fully saturated rings. The molecule has 1 radical (unpaired) electrons. The maximum absolute atomic E-state index is 11.3. The first-order valence-corrected chi connectivity index (χ1v) is 5.66. The minimum atomic E-state index is -3.15. The van der Waals surface area contributed by atoms with Gasteiger partial charge in [-0.3, -0.25) is 0 Å². The van der Waals surface area contributed by atoms with E-state index in [1.807, 2.05) is 6.07 Å². The summed E-state index contributed by atoms with van der Waals surface area (Å²) in [4.78, 5) is 3.12. The van der Waals surface area contributed by atoms with Crippen molar-refractivity contribution < 1.29 is 8.42 Å². The molecule has 1 aromatic carbocycles. The van der Waals surface area contributed by atoms with Gasteiger partial charge in [-0.15, -0.1) is 0 Å². The van der Waals surface area contributed by atoms with Crippen molar-refractivity contribution in [3.05, 3.63) is 30.5 Å². The summed E-state index contributed by atoms with van der Waals surface area (Å²) in [7, 11) is -3.15. The van der Waals surface area contributed by atoms with Gasteiger partial charge in [0.2, 0.25) is 0 Å². The van der Waals surface area contributed by atoms with Crippen molar-refractivity contribution in [2.24, 2.45) is 0 Å². The fourth-order valence-electron chi connectivity index (χ4n) is 1.30. The van der Waals surface area contributed by atoms with Crippen molar-refractivity contribution in [3.8, 4) is 0 Å². The number of hydrogen-bond donors (Lipinski definition) is 1. The van der Waals surface area contributed by atoms with E-state index in [-0.39, 0.29) is 0 Å². The van der Waals surface area contributed by atoms with Crippen LogP contribution in [0, 0.1) is 6.20 Å². The minimum absolute atomic E-state index is 0.325. The number of benzene rings is 1. The first kappa shape index (κ1) is 8.31. The molecule has 67 valence electrons. The van der Waals surface area contributed by atoms with Gasteiger partial charge in [0, 0.05) is 11.6 Å². The Hall–Kier alpha value is -1.29. The zero-order valence-electron chi connectivity index (χ0n) is 7.03. The first-order valence-electron chi connectivity index (χ1n) is 3.77. The largest absolute Gasteiger partial charge is 0.352 e. The molecule has 0 unspecified atom stereocenters. The smallest absolute Gasteiger partial charge is 0.177 e. The lowest BCUT2D eigenvalue weighted by atomic mass is 10.2. The summed E-state index contributed by atoms with van der Waals surface area (Å²) in [6.07, 6.45) is 3.96. The van der Waals surface area contributed by atoms with Crippen LogP contribution in [0.1, 0.15) is 0 Å². The average Bonchev–Trinajstić information content (AvgIpc) is 2.48. The second kappa shape index (κ2) is 2.60. The van der Waals surface area contributed by atoms with Gasteiger partial charge in [-0.2, -0.15) is 0 Å². The predicted molar refractivity (Wildman–Crippen MR) is 50.2 cm³/mol. The van der Waals surface area contributed by atoms with Crippen LogP contribution in [0.15, 0.2) is 29.2 Å². The molecule has 0 saturated heterocycles. The summed E-state index contributed by atoms with van der Waals surface area (Å²) >= 11 is 0. The van der Waals surface area contributed by atoms with Crippen molar-refractivity contribution in [2.45, 2.75) is 4.90 Å². The third-order valence-electron chi connectivity index (χ3n) is 1.88. The zero-order valence-corrected chi connectivity index (χ0v) is 7.85. The van der Waals surface area contributed by atoms with E-state index in [0.717, 1.165) is 5.39 Å². The molecule has 0 spiro atoms. The van der Waals surface area contributed by atoms with Crippen molar-refractivity contribution in [1.82, 2.24) is 4.98 Å². The fourth-order valence-corrected chi connectivity index (χ4v) is 2.16. The molecule has 2 rings (SSSR count). The van der Waals surface area contributed by atoms with E-state index in [4.69, 9.17) is 0 Å². The third kappa shape index (κ3) is 1.33. The van der Waals surface area contributed by atoms with Crippen molar-refractivity contribution in [1.29, 1.82) is 0 Å². The lowest BCUT2D eigenvalue weighted by Crippen LogP contribution is -1.97. The highest BCUT2D eigenvalue weighted by Crippen LogP contribution is 2.20. The van der Waals surface area contributed by atoms with Crippen LogP contribution in [-0.4, -0.2) is 19.7 Å². The molecule has 0 bridgehead atoms. The molecule has 0 atom stereocenters. The number of rotatable bonds is 1. The van der Waals surface area contributed by atoms with Crippen LogP contribution in [0.2, 0.25) is 0 Å². The van der Waals surface area contributed by atoms with E-state index < -0.39 is 9.84 Å². The van der Waals surface area contributed by atoms with Crippen LogP contribution < -0.4 is 0 Å². The standard InChI is InChI=1S/C9H8NO2S/c1-13(11,12)8-4-2-3-7-5-6-10-9(7)8/h2-5,10H,1H3. The van der Waals surface area contributed by atoms with Gasteiger partial charge in [0.25, 0.3) is 0 Å². The quantitative estimate of drug-likeness (QED) is 0.745. The van der Waals surface area contributed by atoms with Gasteiger partial charge in [-0.05, 0) is 12.1 Å². The fraction of sp³-hybridized carbons (Fsp3) is 0.111. The van der Waals surface area contributed by atoms with E-state index in [9.17, 15) is 8.42 Å². The Labute approximate surface area is 76.3 Å². The molecule has 0 aliphatic heterocycles. The Bertz CT molecular complexity index is 539. The molecule has 3 nitrogen and oxygen atoms in total. The van der Waals surface area contributed by atoms with Crippen LogP contribution in [0.3, 0.4) is 0 Å². The highest BCUT2D eigenvalue weighted by molar-refractivity contribution is 7.91. The molecule has 1 heterocycles. The molecular formula is C9H8NO2S. The number of aromatic amines is 1. The second-order valence-electron chi connectivity index (χ2n) is 2.91. The van der Waals surface area contributed by atoms with E-state index in [1.54, 1.807) is 18.2 Å². The van der Waals surface area contributed by atoms with E-state index in [0.29, 0.717) is 10.4 Å². The number of hydrogen-bond acceptors (Lipinski definition) is 2. The molecule has 0 saturated carbocycles. The zero-order chi connectivity index (χ0) is 9.47. The predicted octanol–water partition coefficient (Wildman–Crippen LogP) is 1.37. The molecular weight excluding hydrogens is 186 g/mol. The highest BCUT2D eigenvalue weighted by Gasteiger charge is 2.11. The molecule has 0 aliphatic rings. The maximum atomic E-state index is 11.3. The van der Waals surface area contributed by atoms with E-state index >= 15 is 0 Å². The normalized spacial score (nSPS) is 12.1. The Kier molecular flexibility index (Phi) is 1.66. The Morgan fingerprint density at radius 1 is 1.38 bits per heavy atom. The summed E-state index contributed by atoms with van der Waals surface area (Å²) in [5.41, 5.74) is 0.630. The molecule has 0 amide bonds. The van der Waals surface area contributed by atoms with Crippen molar-refractivity contribution in [2.75, 3.05) is 6.26 Å². The first-order chi connectivity index (χ1) is 6.09. The van der Waals surface area contributed by atoms with Gasteiger partial charge in [0.1, 0.15) is 0 Å². The number of H-pyrrole nitrogens is 1. The van der Waals surface area contributed by atoms with Crippen molar-refractivity contribution >= 4 is 20.7 Å². The van der Waals surface area contributed by atoms with Gasteiger partial charge in [-0.1, -0.05) is 12.1 Å². The summed E-state index contributed by atoms with van der Waals surface area (Å²) in [6.45, 7) is 0. The Morgan fingerprint density at radius 2 is 2.15 bits per heavy atom. The van der Waals surface area contributed by atoms with Gasteiger partial charge >= 0.3 is 0 Å². The molecule has 4 heteroatoms. The number of aromatic nitrogens is 1. The van der Waals surface area contributed by atoms with Gasteiger partial charge in [-0.25, -0.2) is 8.42 Å². The number of sulfone groups is 1. The van der Waals surface area contributed by atoms with Gasteiger partial charge in [0.05, 0.1) is 16.6 Å². The molecule has 1 aromatic heterocycles. The van der Waals surface area contributed by atoms with Gasteiger partial charge < -0.3 is 4.98 Å². The van der Waals surface area contributed by atoms with Crippen molar-refractivity contribution in [3.63, 3.8) is 0 Å². The summed E-state index contributed by atoms with van der Waals surface area (Å²) in [6, 6.07) is 6.88. The highest BCUT2D eigenvalue weighted by atomic mass is 32.2. The second-order valence-corrected chi connectivity index (χ2v) is 4.89. The summed E-state index contributed by atoms with van der Waals surface area (Å²) in [5, 5.41) is 0.864. The van der Waals surface area contributed by atoms with Crippen LogP contribution in [0.5, 0.6) is 0 Å². The average molecular weight is 194 g/mol. The molecule has 2 aromatic rings. The summed E-state index contributed by atoms with van der Waals surface area (Å²) in [5.74, 6) is 0. The lowest BCUT2D eigenvalue weighted by Gasteiger charge is -1.98. The Balaban J connectivity index is 2.91. The maximum Gasteiger partial charge on any atom is 0.177 e. The van der Waals surface area contributed by atoms with Gasteiger partial charge in [0.15, 0.2) is 9.84 Å². The Morgan fingerprint density at radius 3 is 2.85 bits per heavy atom. The third-order valence-corrected chi connectivity index (χ3v) is 3.02. The number of para-hydroxylation sites is 1. The lowest BCUT2D eigenvalue weighted by molar-refractivity contribution is 0.602. The number of fused-ring (bicyclic) bond motifs is 1. The van der Waals surface area contributed by atoms with Crippen LogP contribution in [0.25, 0.3) is 10.9 Å². The van der Waals surface area contributed by atoms with Crippen LogP contribution >= 0.6 is 0 Å².